The summed E-state index contributed by atoms with van der Waals surface area (Å²) in [7, 11) is 0. The van der Waals surface area contributed by atoms with Gasteiger partial charge in [0.2, 0.25) is 0 Å². The van der Waals surface area contributed by atoms with E-state index in [0.717, 1.165) is 6.07 Å². The molecule has 0 radical (unpaired) electrons. The summed E-state index contributed by atoms with van der Waals surface area (Å²) >= 11 is 3.10. The first-order valence-corrected chi connectivity index (χ1v) is 6.38. The topological polar surface area (TPSA) is 49.3 Å². The number of anilines is 1. The molecule has 7 heteroatoms. The summed E-state index contributed by atoms with van der Waals surface area (Å²) in [6, 6.07) is 3.01. The van der Waals surface area contributed by atoms with Crippen molar-refractivity contribution in [3.05, 3.63) is 28.2 Å². The molecule has 1 atom stereocenters. The molecule has 2 N–H and O–H groups in total. The summed E-state index contributed by atoms with van der Waals surface area (Å²) < 4.78 is 39.0. The van der Waals surface area contributed by atoms with Crippen LogP contribution in [0.5, 0.6) is 0 Å². The van der Waals surface area contributed by atoms with Gasteiger partial charge in [-0.3, -0.25) is 4.79 Å². The van der Waals surface area contributed by atoms with Gasteiger partial charge in [0, 0.05) is 16.2 Å². The number of rotatable bonds is 5. The Morgan fingerprint density at radius 2 is 2.11 bits per heavy atom. The fourth-order valence-electron chi connectivity index (χ4n) is 1.61. The van der Waals surface area contributed by atoms with Crippen LogP contribution in [0.1, 0.15) is 25.3 Å². The third-order valence-corrected chi connectivity index (χ3v) is 3.05. The first kappa shape index (κ1) is 15.8. The number of carbonyl (C=O) groups is 1. The predicted molar refractivity (Wildman–Crippen MR) is 69.1 cm³/mol. The van der Waals surface area contributed by atoms with Gasteiger partial charge in [-0.1, -0.05) is 22.9 Å². The van der Waals surface area contributed by atoms with Crippen molar-refractivity contribution in [3.8, 4) is 0 Å². The Bertz CT molecular complexity index is 463. The molecule has 0 aliphatic carbocycles. The van der Waals surface area contributed by atoms with Crippen LogP contribution in [-0.4, -0.2) is 17.1 Å². The number of hydrogen-bond donors (Lipinski definition) is 2. The first-order valence-electron chi connectivity index (χ1n) is 5.59. The maximum Gasteiger partial charge on any atom is 0.418 e. The Morgan fingerprint density at radius 1 is 1.47 bits per heavy atom. The van der Waals surface area contributed by atoms with Crippen molar-refractivity contribution in [1.29, 1.82) is 0 Å². The average Bonchev–Trinajstić information content (AvgIpc) is 2.25. The second kappa shape index (κ2) is 6.27. The molecule has 1 aromatic carbocycles. The lowest BCUT2D eigenvalue weighted by atomic mass is 10.1. The number of halogens is 4. The monoisotopic (exact) mass is 339 g/mol. The summed E-state index contributed by atoms with van der Waals surface area (Å²) in [4.78, 5) is 10.6. The normalized spacial score (nSPS) is 13.1. The molecule has 0 aliphatic heterocycles. The molecule has 3 nitrogen and oxygen atoms in total. The van der Waals surface area contributed by atoms with Crippen molar-refractivity contribution in [2.45, 2.75) is 32.0 Å². The highest BCUT2D eigenvalue weighted by Gasteiger charge is 2.34. The van der Waals surface area contributed by atoms with Gasteiger partial charge in [-0.25, -0.2) is 0 Å². The van der Waals surface area contributed by atoms with Gasteiger partial charge in [0.05, 0.1) is 12.0 Å². The van der Waals surface area contributed by atoms with Gasteiger partial charge in [0.15, 0.2) is 0 Å². The number of carboxylic acid groups (broad SMARTS) is 1. The molecule has 0 aliphatic rings. The summed E-state index contributed by atoms with van der Waals surface area (Å²) in [5, 5.41) is 11.4. The molecular formula is C12H13BrF3NO2. The van der Waals surface area contributed by atoms with E-state index in [9.17, 15) is 18.0 Å². The zero-order valence-electron chi connectivity index (χ0n) is 10.1. The van der Waals surface area contributed by atoms with E-state index in [0.29, 0.717) is 10.9 Å². The van der Waals surface area contributed by atoms with E-state index in [-0.39, 0.29) is 12.1 Å². The molecular weight excluding hydrogens is 327 g/mol. The number of hydrogen-bond acceptors (Lipinski definition) is 2. The van der Waals surface area contributed by atoms with E-state index in [2.05, 4.69) is 21.2 Å². The average molecular weight is 340 g/mol. The highest BCUT2D eigenvalue weighted by molar-refractivity contribution is 9.10. The van der Waals surface area contributed by atoms with Gasteiger partial charge in [0.1, 0.15) is 0 Å². The molecule has 19 heavy (non-hydrogen) atoms. The van der Waals surface area contributed by atoms with Crippen LogP contribution < -0.4 is 5.32 Å². The first-order chi connectivity index (χ1) is 8.74. The van der Waals surface area contributed by atoms with Gasteiger partial charge >= 0.3 is 12.1 Å². The molecule has 0 heterocycles. The largest absolute Gasteiger partial charge is 0.481 e. The summed E-state index contributed by atoms with van der Waals surface area (Å²) in [5.74, 6) is -1.05. The van der Waals surface area contributed by atoms with Crippen molar-refractivity contribution >= 4 is 27.6 Å². The van der Waals surface area contributed by atoms with E-state index in [4.69, 9.17) is 5.11 Å². The van der Waals surface area contributed by atoms with E-state index in [1.807, 2.05) is 0 Å². The van der Waals surface area contributed by atoms with Gasteiger partial charge in [-0.05, 0) is 24.6 Å². The van der Waals surface area contributed by atoms with Crippen LogP contribution in [0.15, 0.2) is 22.7 Å². The highest BCUT2D eigenvalue weighted by Crippen LogP contribution is 2.36. The Hall–Kier alpha value is -1.24. The van der Waals surface area contributed by atoms with Crippen LogP contribution in [-0.2, 0) is 11.0 Å². The van der Waals surface area contributed by atoms with Crippen LogP contribution in [0.4, 0.5) is 18.9 Å². The minimum absolute atomic E-state index is 0.116. The number of nitrogens with one attached hydrogen (secondary N) is 1. The molecule has 0 fully saturated rings. The fraction of sp³-hybridized carbons (Fsp3) is 0.417. The molecule has 1 unspecified atom stereocenters. The van der Waals surface area contributed by atoms with Crippen molar-refractivity contribution in [1.82, 2.24) is 0 Å². The Kier molecular flexibility index (Phi) is 5.22. The van der Waals surface area contributed by atoms with Crippen LogP contribution >= 0.6 is 15.9 Å². The quantitative estimate of drug-likeness (QED) is 0.847. The fourth-order valence-corrected chi connectivity index (χ4v) is 1.97. The minimum Gasteiger partial charge on any atom is -0.481 e. The van der Waals surface area contributed by atoms with E-state index in [1.165, 1.54) is 12.1 Å². The Morgan fingerprint density at radius 3 is 2.58 bits per heavy atom. The minimum atomic E-state index is -4.48. The zero-order valence-corrected chi connectivity index (χ0v) is 11.7. The number of aliphatic carboxylic acids is 1. The molecule has 106 valence electrons. The van der Waals surface area contributed by atoms with E-state index < -0.39 is 23.8 Å². The molecule has 0 bridgehead atoms. The van der Waals surface area contributed by atoms with Crippen molar-refractivity contribution in [2.24, 2.45) is 0 Å². The third-order valence-electron chi connectivity index (χ3n) is 2.56. The summed E-state index contributed by atoms with van der Waals surface area (Å²) in [6.07, 6.45) is -4.30. The van der Waals surface area contributed by atoms with Crippen LogP contribution in [0.3, 0.4) is 0 Å². The summed E-state index contributed by atoms with van der Waals surface area (Å²) in [5.41, 5.74) is -0.922. The third kappa shape index (κ3) is 4.74. The van der Waals surface area contributed by atoms with Gasteiger partial charge < -0.3 is 10.4 Å². The van der Waals surface area contributed by atoms with E-state index >= 15 is 0 Å². The summed E-state index contributed by atoms with van der Waals surface area (Å²) in [6.45, 7) is 1.71. The Labute approximate surface area is 116 Å². The number of benzene rings is 1. The maximum atomic E-state index is 12.8. The molecule has 1 aromatic rings. The van der Waals surface area contributed by atoms with Gasteiger partial charge in [-0.2, -0.15) is 13.2 Å². The lowest BCUT2D eigenvalue weighted by Crippen LogP contribution is -2.24. The Balaban J connectivity index is 3.04. The molecule has 0 saturated heterocycles. The lowest BCUT2D eigenvalue weighted by molar-refractivity contribution is -0.137. The molecule has 1 rings (SSSR count). The van der Waals surface area contributed by atoms with E-state index in [1.54, 1.807) is 6.92 Å². The van der Waals surface area contributed by atoms with Gasteiger partial charge in [0.25, 0.3) is 0 Å². The van der Waals surface area contributed by atoms with Crippen molar-refractivity contribution in [3.63, 3.8) is 0 Å². The second-order valence-electron chi connectivity index (χ2n) is 4.04. The zero-order chi connectivity index (χ0) is 14.6. The van der Waals surface area contributed by atoms with Crippen LogP contribution in [0, 0.1) is 0 Å². The molecule has 0 amide bonds. The smallest absolute Gasteiger partial charge is 0.418 e. The number of alkyl halides is 3. The number of carboxylic acids is 1. The molecule has 0 aromatic heterocycles. The lowest BCUT2D eigenvalue weighted by Gasteiger charge is -2.20. The highest BCUT2D eigenvalue weighted by atomic mass is 79.9. The van der Waals surface area contributed by atoms with Gasteiger partial charge in [-0.15, -0.1) is 0 Å². The van der Waals surface area contributed by atoms with Crippen LogP contribution in [0.25, 0.3) is 0 Å². The van der Waals surface area contributed by atoms with Crippen molar-refractivity contribution in [2.75, 3.05) is 5.32 Å². The predicted octanol–water partition coefficient (Wildman–Crippen LogP) is 4.13. The molecule has 0 saturated carbocycles. The van der Waals surface area contributed by atoms with Crippen molar-refractivity contribution < 1.29 is 23.1 Å². The maximum absolute atomic E-state index is 12.8. The van der Waals surface area contributed by atoms with Crippen LogP contribution in [0.2, 0.25) is 0 Å². The molecule has 0 spiro atoms. The standard InChI is InChI=1S/C12H13BrF3NO2/c1-2-8(6-11(18)19)17-10-5-7(13)3-4-9(10)12(14,15)16/h3-5,8,17H,2,6H2,1H3,(H,18,19). The SMILES string of the molecule is CCC(CC(=O)O)Nc1cc(Br)ccc1C(F)(F)F. The second-order valence-corrected chi connectivity index (χ2v) is 4.95.